The summed E-state index contributed by atoms with van der Waals surface area (Å²) in [4.78, 5) is 2.39. The van der Waals surface area contributed by atoms with E-state index in [4.69, 9.17) is 5.73 Å². The van der Waals surface area contributed by atoms with Gasteiger partial charge in [0.05, 0.1) is 11.4 Å². The minimum atomic E-state index is -3.51. The highest BCUT2D eigenvalue weighted by Crippen LogP contribution is 2.34. The highest BCUT2D eigenvalue weighted by Gasteiger charge is 2.25. The molecule has 1 aliphatic rings. The van der Waals surface area contributed by atoms with Crippen molar-refractivity contribution >= 4 is 33.2 Å². The molecule has 1 saturated heterocycles. The van der Waals surface area contributed by atoms with Crippen molar-refractivity contribution in [1.29, 1.82) is 0 Å². The third-order valence-electron chi connectivity index (χ3n) is 3.74. The Morgan fingerprint density at radius 2 is 2.14 bits per heavy atom. The van der Waals surface area contributed by atoms with Gasteiger partial charge in [0.25, 0.3) is 0 Å². The van der Waals surface area contributed by atoms with E-state index in [1.807, 2.05) is 17.8 Å². The molecule has 0 amide bonds. The fourth-order valence-electron chi connectivity index (χ4n) is 2.41. The van der Waals surface area contributed by atoms with Gasteiger partial charge in [-0.2, -0.15) is 11.8 Å². The molecular formula is C14H23N3O2S2. The van der Waals surface area contributed by atoms with Crippen molar-refractivity contribution in [3.05, 3.63) is 18.2 Å². The minimum Gasteiger partial charge on any atom is -0.396 e. The molecule has 1 aromatic rings. The first-order valence-corrected chi connectivity index (χ1v) is 9.54. The Morgan fingerprint density at radius 3 is 2.76 bits per heavy atom. The second-order valence-electron chi connectivity index (χ2n) is 5.32. The first-order valence-electron chi connectivity index (χ1n) is 7.05. The molecule has 1 aliphatic heterocycles. The fraction of sp³-hybridized carbons (Fsp3) is 0.571. The van der Waals surface area contributed by atoms with E-state index in [-0.39, 0.29) is 4.90 Å². The van der Waals surface area contributed by atoms with Crippen LogP contribution >= 0.6 is 11.8 Å². The lowest BCUT2D eigenvalue weighted by Gasteiger charge is -2.34. The predicted octanol–water partition coefficient (Wildman–Crippen LogP) is 1.85. The van der Waals surface area contributed by atoms with E-state index in [1.54, 1.807) is 12.1 Å². The number of hydrogen-bond donors (Lipinski definition) is 1. The average Bonchev–Trinajstić information content (AvgIpc) is 2.47. The van der Waals surface area contributed by atoms with Crippen molar-refractivity contribution in [2.45, 2.75) is 23.5 Å². The third-order valence-corrected chi connectivity index (χ3v) is 6.98. The lowest BCUT2D eigenvalue weighted by molar-refractivity contribution is 0.521. The zero-order valence-electron chi connectivity index (χ0n) is 12.7. The van der Waals surface area contributed by atoms with E-state index < -0.39 is 10.0 Å². The SMILES string of the molecule is CCC1CN(c2cccc(S(=O)(=O)N(C)C)c2N)CCS1. The molecular weight excluding hydrogens is 306 g/mol. The van der Waals surface area contributed by atoms with E-state index in [9.17, 15) is 8.42 Å². The maximum absolute atomic E-state index is 12.3. The van der Waals surface area contributed by atoms with Crippen LogP contribution in [0.5, 0.6) is 0 Å². The average molecular weight is 329 g/mol. The van der Waals surface area contributed by atoms with Gasteiger partial charge in [-0.1, -0.05) is 13.0 Å². The summed E-state index contributed by atoms with van der Waals surface area (Å²) in [6.07, 6.45) is 1.11. The number of sulfonamides is 1. The standard InChI is InChI=1S/C14H23N3O2S2/c1-4-11-10-17(8-9-20-11)12-6-5-7-13(14(12)15)21(18,19)16(2)3/h5-7,11H,4,8-10,15H2,1-3H3. The number of rotatable bonds is 4. The van der Waals surface area contributed by atoms with Gasteiger partial charge in [0, 0.05) is 38.2 Å². The predicted molar refractivity (Wildman–Crippen MR) is 90.5 cm³/mol. The van der Waals surface area contributed by atoms with Crippen LogP contribution in [0.25, 0.3) is 0 Å². The number of hydrogen-bond acceptors (Lipinski definition) is 5. The lowest BCUT2D eigenvalue weighted by Crippen LogP contribution is -2.38. The van der Waals surface area contributed by atoms with Gasteiger partial charge in [0.2, 0.25) is 10.0 Å². The zero-order valence-corrected chi connectivity index (χ0v) is 14.4. The topological polar surface area (TPSA) is 66.6 Å². The van der Waals surface area contributed by atoms with Crippen LogP contribution in [0.2, 0.25) is 0 Å². The number of anilines is 2. The van der Waals surface area contributed by atoms with E-state index in [1.165, 1.54) is 18.4 Å². The van der Waals surface area contributed by atoms with E-state index in [0.29, 0.717) is 10.9 Å². The van der Waals surface area contributed by atoms with Crippen molar-refractivity contribution in [2.75, 3.05) is 43.6 Å². The Hall–Kier alpha value is -0.920. The van der Waals surface area contributed by atoms with Crippen LogP contribution < -0.4 is 10.6 Å². The molecule has 0 aliphatic carbocycles. The van der Waals surface area contributed by atoms with Gasteiger partial charge in [-0.05, 0) is 18.6 Å². The summed E-state index contributed by atoms with van der Waals surface area (Å²) in [7, 11) is -0.471. The molecule has 2 N–H and O–H groups in total. The number of nitrogens with two attached hydrogens (primary N) is 1. The van der Waals surface area contributed by atoms with Crippen LogP contribution in [0, 0.1) is 0 Å². The van der Waals surface area contributed by atoms with E-state index in [0.717, 1.165) is 31.0 Å². The minimum absolute atomic E-state index is 0.191. The van der Waals surface area contributed by atoms with Gasteiger partial charge < -0.3 is 10.6 Å². The monoisotopic (exact) mass is 329 g/mol. The van der Waals surface area contributed by atoms with Gasteiger partial charge in [0.15, 0.2) is 0 Å². The summed E-state index contributed by atoms with van der Waals surface area (Å²) in [5.41, 5.74) is 7.36. The summed E-state index contributed by atoms with van der Waals surface area (Å²) in [6.45, 7) is 3.99. The summed E-state index contributed by atoms with van der Waals surface area (Å²) in [5, 5.41) is 0.576. The Balaban J connectivity index is 2.39. The van der Waals surface area contributed by atoms with Gasteiger partial charge in [-0.3, -0.25) is 0 Å². The van der Waals surface area contributed by atoms with Crippen molar-refractivity contribution in [2.24, 2.45) is 0 Å². The lowest BCUT2D eigenvalue weighted by atomic mass is 10.2. The first-order chi connectivity index (χ1) is 9.87. The molecule has 0 bridgehead atoms. The van der Waals surface area contributed by atoms with Crippen LogP contribution in [-0.4, -0.2) is 50.9 Å². The quantitative estimate of drug-likeness (QED) is 0.854. The number of thioether (sulfide) groups is 1. The molecule has 0 aromatic heterocycles. The van der Waals surface area contributed by atoms with Gasteiger partial charge in [-0.15, -0.1) is 0 Å². The highest BCUT2D eigenvalue weighted by molar-refractivity contribution is 8.00. The molecule has 2 rings (SSSR count). The molecule has 21 heavy (non-hydrogen) atoms. The number of nitrogens with zero attached hydrogens (tertiary/aromatic N) is 2. The van der Waals surface area contributed by atoms with E-state index >= 15 is 0 Å². The van der Waals surface area contributed by atoms with Crippen LogP contribution in [0.4, 0.5) is 11.4 Å². The van der Waals surface area contributed by atoms with E-state index in [2.05, 4.69) is 11.8 Å². The van der Waals surface area contributed by atoms with Crippen molar-refractivity contribution < 1.29 is 8.42 Å². The molecule has 118 valence electrons. The Kier molecular flexibility index (Phi) is 5.06. The Morgan fingerprint density at radius 1 is 1.43 bits per heavy atom. The van der Waals surface area contributed by atoms with Crippen molar-refractivity contribution in [3.8, 4) is 0 Å². The molecule has 1 atom stereocenters. The summed E-state index contributed by atoms with van der Waals surface area (Å²) in [6, 6.07) is 5.25. The molecule has 1 aromatic carbocycles. The molecule has 7 heteroatoms. The van der Waals surface area contributed by atoms with Crippen LogP contribution in [0.15, 0.2) is 23.1 Å². The summed E-state index contributed by atoms with van der Waals surface area (Å²) >= 11 is 1.97. The van der Waals surface area contributed by atoms with Crippen molar-refractivity contribution in [1.82, 2.24) is 4.31 Å². The second kappa shape index (κ2) is 6.46. The molecule has 0 saturated carbocycles. The number of benzene rings is 1. The Labute approximate surface area is 131 Å². The van der Waals surface area contributed by atoms with Crippen LogP contribution in [0.3, 0.4) is 0 Å². The zero-order chi connectivity index (χ0) is 15.6. The molecule has 5 nitrogen and oxygen atoms in total. The fourth-order valence-corrected chi connectivity index (χ4v) is 4.62. The molecule has 1 fully saturated rings. The number of nitrogen functional groups attached to an aromatic ring is 1. The highest BCUT2D eigenvalue weighted by atomic mass is 32.2. The third kappa shape index (κ3) is 3.30. The first kappa shape index (κ1) is 16.5. The molecule has 1 unspecified atom stereocenters. The maximum Gasteiger partial charge on any atom is 0.244 e. The van der Waals surface area contributed by atoms with Gasteiger partial charge >= 0.3 is 0 Å². The molecule has 0 spiro atoms. The van der Waals surface area contributed by atoms with Gasteiger partial charge in [0.1, 0.15) is 4.90 Å². The van der Waals surface area contributed by atoms with Crippen molar-refractivity contribution in [3.63, 3.8) is 0 Å². The molecule has 0 radical (unpaired) electrons. The summed E-state index contributed by atoms with van der Waals surface area (Å²) in [5.74, 6) is 1.04. The number of para-hydroxylation sites is 1. The largest absolute Gasteiger partial charge is 0.396 e. The molecule has 1 heterocycles. The Bertz CT molecular complexity index is 602. The van der Waals surface area contributed by atoms with Crippen LogP contribution in [-0.2, 0) is 10.0 Å². The van der Waals surface area contributed by atoms with Gasteiger partial charge in [-0.25, -0.2) is 12.7 Å². The maximum atomic E-state index is 12.3. The van der Waals surface area contributed by atoms with Crippen LogP contribution in [0.1, 0.15) is 13.3 Å². The smallest absolute Gasteiger partial charge is 0.244 e. The second-order valence-corrected chi connectivity index (χ2v) is 8.85. The summed E-state index contributed by atoms with van der Waals surface area (Å²) < 4.78 is 25.9. The normalized spacial score (nSPS) is 20.0.